The molecule has 0 rings (SSSR count). The summed E-state index contributed by atoms with van der Waals surface area (Å²) >= 11 is 4.24. The van der Waals surface area contributed by atoms with Gasteiger partial charge in [-0.05, 0) is 59.8 Å². The summed E-state index contributed by atoms with van der Waals surface area (Å²) in [6.07, 6.45) is 3.05. The topological polar surface area (TPSA) is 52.6 Å². The van der Waals surface area contributed by atoms with E-state index in [1.807, 2.05) is 41.5 Å². The Morgan fingerprint density at radius 2 is 1.15 bits per heavy atom. The number of halogens is 2. The summed E-state index contributed by atoms with van der Waals surface area (Å²) in [7, 11) is 0. The molecule has 0 bridgehead atoms. The van der Waals surface area contributed by atoms with Gasteiger partial charge in [0.15, 0.2) is 0 Å². The minimum absolute atomic E-state index is 0.0981. The first-order valence-corrected chi connectivity index (χ1v) is 15.4. The molecule has 0 saturated carbocycles. The lowest BCUT2D eigenvalue weighted by Crippen LogP contribution is -2.28. The van der Waals surface area contributed by atoms with Crippen LogP contribution < -0.4 is 0 Å². The lowest BCUT2D eigenvalue weighted by molar-refractivity contribution is -0.156. The maximum Gasteiger partial charge on any atom is 0.311 e. The largest absolute Gasteiger partial charge is 0.465 e. The number of hydrogen-bond donors (Lipinski definition) is 0. The van der Waals surface area contributed by atoms with E-state index in [2.05, 4.69) is 64.9 Å². The molecule has 0 aromatic rings. The molecule has 6 heteroatoms. The highest BCUT2D eigenvalue weighted by Gasteiger charge is 2.26. The summed E-state index contributed by atoms with van der Waals surface area (Å²) < 4.78 is 10.2. The van der Waals surface area contributed by atoms with Gasteiger partial charge in [0.05, 0.1) is 24.0 Å². The molecule has 4 nitrogen and oxygen atoms in total. The number of unbranched alkanes of at least 4 members (excludes halogenated alkanes) is 1. The van der Waals surface area contributed by atoms with Gasteiger partial charge < -0.3 is 9.47 Å². The Bertz CT molecular complexity index is 380. The van der Waals surface area contributed by atoms with Crippen LogP contribution in [-0.4, -0.2) is 25.2 Å². The highest BCUT2D eigenvalue weighted by atomic mass is 128. The summed E-state index contributed by atoms with van der Waals surface area (Å²) in [5.74, 6) is -0.222. The van der Waals surface area contributed by atoms with Gasteiger partial charge >= 0.3 is 11.9 Å². The van der Waals surface area contributed by atoms with Crippen LogP contribution in [0.3, 0.4) is 0 Å². The number of hydrogen-bond acceptors (Lipinski definition) is 4. The van der Waals surface area contributed by atoms with Crippen molar-refractivity contribution in [3.63, 3.8) is 0 Å². The van der Waals surface area contributed by atoms with Crippen molar-refractivity contribution < 1.29 is 19.1 Å². The number of carbonyl (C=O) groups is 2. The van der Waals surface area contributed by atoms with Crippen LogP contribution in [0.4, 0.5) is 0 Å². The Balaban J connectivity index is -0.000000375. The van der Waals surface area contributed by atoms with Gasteiger partial charge in [-0.1, -0.05) is 34.1 Å². The Hall–Kier alpha value is 0.400. The second-order valence-electron chi connectivity index (χ2n) is 9.08. The first-order valence-electron chi connectivity index (χ1n) is 9.16. The van der Waals surface area contributed by atoms with Crippen LogP contribution in [0.1, 0.15) is 88.5 Å². The first-order chi connectivity index (χ1) is 11.7. The number of carbonyl (C=O) groups excluding carboxylic acids is 2. The van der Waals surface area contributed by atoms with Gasteiger partial charge in [-0.3, -0.25) is 9.59 Å². The highest BCUT2D eigenvalue weighted by molar-refractivity contribution is 15.0. The number of esters is 2. The van der Waals surface area contributed by atoms with E-state index in [0.717, 1.165) is 19.3 Å². The number of rotatable bonds is 6. The summed E-state index contributed by atoms with van der Waals surface area (Å²) in [6.45, 7) is 20.6. The molecule has 0 amide bonds. The second-order valence-corrected chi connectivity index (χ2v) is 9.08. The van der Waals surface area contributed by atoms with E-state index in [0.29, 0.717) is 13.2 Å². The van der Waals surface area contributed by atoms with E-state index in [1.54, 1.807) is 0 Å². The molecule has 0 unspecified atom stereocenters. The van der Waals surface area contributed by atoms with Crippen LogP contribution in [0.2, 0.25) is 0 Å². The van der Waals surface area contributed by atoms with Gasteiger partial charge in [0, 0.05) is 37.2 Å². The lowest BCUT2D eigenvalue weighted by Gasteiger charge is -2.25. The van der Waals surface area contributed by atoms with E-state index < -0.39 is 0 Å². The van der Waals surface area contributed by atoms with Crippen molar-refractivity contribution in [1.29, 1.82) is 0 Å². The molecule has 0 heterocycles. The summed E-state index contributed by atoms with van der Waals surface area (Å²) in [5.41, 5.74) is -0.640. The number of ether oxygens (including phenoxy) is 2. The Morgan fingerprint density at radius 1 is 0.769 bits per heavy atom. The monoisotopic (exact) mass is 598 g/mol. The molecule has 0 N–H and O–H groups in total. The summed E-state index contributed by atoms with van der Waals surface area (Å²) in [4.78, 5) is 22.5. The van der Waals surface area contributed by atoms with Crippen LogP contribution >= 0.6 is 37.2 Å². The molecule has 0 atom stereocenters. The zero-order valence-corrected chi connectivity index (χ0v) is 22.7. The van der Waals surface area contributed by atoms with Crippen molar-refractivity contribution >= 4 is 49.2 Å². The first kappa shape index (κ1) is 31.1. The molecular formula is C20H40I2O4. The third kappa shape index (κ3) is 19.2. The molecule has 0 fully saturated rings. The predicted molar refractivity (Wildman–Crippen MR) is 128 cm³/mol. The van der Waals surface area contributed by atoms with Gasteiger partial charge in [-0.25, -0.2) is 0 Å². The average molecular weight is 598 g/mol. The molecule has 0 aliphatic carbocycles. The van der Waals surface area contributed by atoms with Crippen molar-refractivity contribution in [2.24, 2.45) is 16.2 Å². The van der Waals surface area contributed by atoms with Gasteiger partial charge in [-0.15, -0.1) is 0 Å². The van der Waals surface area contributed by atoms with Crippen molar-refractivity contribution in [3.8, 4) is 0 Å². The normalized spacial score (nSPS) is 11.4. The fraction of sp³-hybridized carbons (Fsp3) is 0.900. The maximum atomic E-state index is 11.4. The van der Waals surface area contributed by atoms with Crippen molar-refractivity contribution in [2.75, 3.05) is 13.2 Å². The van der Waals surface area contributed by atoms with Crippen molar-refractivity contribution in [2.45, 2.75) is 88.5 Å². The van der Waals surface area contributed by atoms with Crippen LogP contribution in [0.25, 0.3) is 0 Å². The Labute approximate surface area is 185 Å². The minimum atomic E-state index is -0.385. The van der Waals surface area contributed by atoms with E-state index in [-0.39, 0.29) is 28.2 Å². The Morgan fingerprint density at radius 3 is 1.46 bits per heavy atom. The quantitative estimate of drug-likeness (QED) is 0.185. The lowest BCUT2D eigenvalue weighted by atomic mass is 9.91. The van der Waals surface area contributed by atoms with Crippen LogP contribution in [-0.2, 0) is 19.1 Å². The fourth-order valence-corrected chi connectivity index (χ4v) is 1.11. The molecule has 0 aromatic carbocycles. The van der Waals surface area contributed by atoms with Crippen LogP contribution in [0.15, 0.2) is 0 Å². The minimum Gasteiger partial charge on any atom is -0.465 e. The predicted octanol–water partition coefficient (Wildman–Crippen LogP) is 7.16. The van der Waals surface area contributed by atoms with Gasteiger partial charge in [0.25, 0.3) is 0 Å². The molecule has 0 radical (unpaired) electrons. The van der Waals surface area contributed by atoms with E-state index >= 15 is 0 Å². The van der Waals surface area contributed by atoms with Gasteiger partial charge in [0.1, 0.15) is 0 Å². The molecular weight excluding hydrogens is 558 g/mol. The molecule has 0 aliphatic rings. The van der Waals surface area contributed by atoms with E-state index in [4.69, 9.17) is 9.47 Å². The van der Waals surface area contributed by atoms with Crippen molar-refractivity contribution in [3.05, 3.63) is 0 Å². The average Bonchev–Trinajstić information content (AvgIpc) is 2.53. The zero-order valence-electron chi connectivity index (χ0n) is 18.4. The van der Waals surface area contributed by atoms with Gasteiger partial charge in [0.2, 0.25) is 0 Å². The molecule has 0 aromatic heterocycles. The third-order valence-electron chi connectivity index (χ3n) is 3.51. The second kappa shape index (κ2) is 15.3. The molecule has 0 saturated heterocycles. The van der Waals surface area contributed by atoms with Crippen LogP contribution in [0.5, 0.6) is 0 Å². The standard InChI is InChI=1S/C11H22O2.C9H18O2.I2/c1-7-11(5,6)8-13-9(12)10(2,3)4;1-5-6-7-11-8(10)9(2,3)4;1-2/h7-8H2,1-6H3;5-7H2,1-4H3;. The van der Waals surface area contributed by atoms with Crippen LogP contribution in [0, 0.1) is 16.2 Å². The van der Waals surface area contributed by atoms with Crippen molar-refractivity contribution in [1.82, 2.24) is 0 Å². The molecule has 26 heavy (non-hydrogen) atoms. The summed E-state index contributed by atoms with van der Waals surface area (Å²) in [5, 5.41) is 0. The zero-order chi connectivity index (χ0) is 21.6. The van der Waals surface area contributed by atoms with E-state index in [9.17, 15) is 9.59 Å². The fourth-order valence-electron chi connectivity index (χ4n) is 1.11. The van der Waals surface area contributed by atoms with E-state index in [1.165, 1.54) is 0 Å². The molecule has 158 valence electrons. The third-order valence-corrected chi connectivity index (χ3v) is 3.51. The Kier molecular flexibility index (Phi) is 18.3. The smallest absolute Gasteiger partial charge is 0.311 e. The molecule has 0 aliphatic heterocycles. The maximum absolute atomic E-state index is 11.4. The highest BCUT2D eigenvalue weighted by Crippen LogP contribution is 2.22. The SMILES string of the molecule is CCC(C)(C)COC(=O)C(C)(C)C.CCCCOC(=O)C(C)(C)C.II. The summed E-state index contributed by atoms with van der Waals surface area (Å²) in [6, 6.07) is 0. The molecule has 0 spiro atoms. The van der Waals surface area contributed by atoms with Gasteiger partial charge in [-0.2, -0.15) is 0 Å².